The Balaban J connectivity index is 2.10. The van der Waals surface area contributed by atoms with Gasteiger partial charge in [0.05, 0.1) is 0 Å². The lowest BCUT2D eigenvalue weighted by molar-refractivity contribution is 0.0766. The van der Waals surface area contributed by atoms with E-state index in [2.05, 4.69) is 12.7 Å². The third kappa shape index (κ3) is 2.41. The highest BCUT2D eigenvalue weighted by Gasteiger charge is 2.50. The molecule has 0 saturated heterocycles. The van der Waals surface area contributed by atoms with E-state index in [4.69, 9.17) is 0 Å². The van der Waals surface area contributed by atoms with Crippen molar-refractivity contribution in [2.45, 2.75) is 69.6 Å². The smallest absolute Gasteiger partial charge is 0.159 e. The molecule has 2 saturated carbocycles. The van der Waals surface area contributed by atoms with Crippen molar-refractivity contribution < 1.29 is 8.78 Å². The van der Waals surface area contributed by atoms with Gasteiger partial charge in [-0.25, -0.2) is 8.78 Å². The quantitative estimate of drug-likeness (QED) is 0.574. The number of rotatable bonds is 3. The molecular weight excluding hydrogens is 278 g/mol. The van der Waals surface area contributed by atoms with Gasteiger partial charge in [0.2, 0.25) is 0 Å². The van der Waals surface area contributed by atoms with Gasteiger partial charge in [0, 0.05) is 5.41 Å². The molecule has 0 N–H and O–H groups in total. The van der Waals surface area contributed by atoms with E-state index in [-0.39, 0.29) is 10.8 Å². The molecule has 0 heterocycles. The Labute approximate surface area is 132 Å². The second kappa shape index (κ2) is 6.14. The van der Waals surface area contributed by atoms with Gasteiger partial charge in [-0.1, -0.05) is 50.7 Å². The minimum Gasteiger partial charge on any atom is -0.204 e. The Morgan fingerprint density at radius 3 is 1.95 bits per heavy atom. The summed E-state index contributed by atoms with van der Waals surface area (Å²) in [4.78, 5) is 0. The molecule has 0 atom stereocenters. The summed E-state index contributed by atoms with van der Waals surface area (Å²) in [6, 6.07) is 4.59. The van der Waals surface area contributed by atoms with E-state index in [0.29, 0.717) is 0 Å². The Morgan fingerprint density at radius 1 is 0.818 bits per heavy atom. The third-order valence-corrected chi connectivity index (χ3v) is 6.27. The highest BCUT2D eigenvalue weighted by Crippen LogP contribution is 2.58. The summed E-state index contributed by atoms with van der Waals surface area (Å²) in [5.41, 5.74) is 0.991. The van der Waals surface area contributed by atoms with E-state index in [0.717, 1.165) is 31.2 Å². The maximum absolute atomic E-state index is 13.9. The van der Waals surface area contributed by atoms with Crippen molar-refractivity contribution in [2.24, 2.45) is 5.41 Å². The van der Waals surface area contributed by atoms with Gasteiger partial charge in [-0.3, -0.25) is 0 Å². The molecule has 0 nitrogen and oxygen atoms in total. The predicted octanol–water partition coefficient (Wildman–Crippen LogP) is 6.30. The SMILES string of the molecule is C=CC1(C2(c3ccc(F)c(F)c3)CCCCC2)CCCCC1. The van der Waals surface area contributed by atoms with Crippen LogP contribution in [0.25, 0.3) is 0 Å². The molecule has 2 aliphatic rings. The molecule has 0 amide bonds. The first-order chi connectivity index (χ1) is 10.6. The number of benzene rings is 1. The first-order valence-electron chi connectivity index (χ1n) is 8.73. The van der Waals surface area contributed by atoms with Gasteiger partial charge in [-0.2, -0.15) is 0 Å². The lowest BCUT2D eigenvalue weighted by Gasteiger charge is -2.54. The topological polar surface area (TPSA) is 0 Å². The predicted molar refractivity (Wildman–Crippen MR) is 86.8 cm³/mol. The molecule has 2 heteroatoms. The summed E-state index contributed by atoms with van der Waals surface area (Å²) in [5, 5.41) is 0. The summed E-state index contributed by atoms with van der Waals surface area (Å²) in [6.07, 6.45) is 13.9. The molecule has 2 aliphatic carbocycles. The zero-order valence-corrected chi connectivity index (χ0v) is 13.3. The van der Waals surface area contributed by atoms with Crippen molar-refractivity contribution in [3.63, 3.8) is 0 Å². The molecule has 0 aliphatic heterocycles. The van der Waals surface area contributed by atoms with Crippen molar-refractivity contribution in [1.82, 2.24) is 0 Å². The number of allylic oxidation sites excluding steroid dienone is 1. The fraction of sp³-hybridized carbons (Fsp3) is 0.600. The highest BCUT2D eigenvalue weighted by atomic mass is 19.2. The zero-order valence-electron chi connectivity index (χ0n) is 13.3. The van der Waals surface area contributed by atoms with Crippen LogP contribution in [0.15, 0.2) is 30.9 Å². The van der Waals surface area contributed by atoms with Crippen molar-refractivity contribution in [1.29, 1.82) is 0 Å². The molecule has 0 unspecified atom stereocenters. The van der Waals surface area contributed by atoms with Crippen molar-refractivity contribution in [3.05, 3.63) is 48.1 Å². The molecule has 1 aromatic carbocycles. The lowest BCUT2D eigenvalue weighted by atomic mass is 9.50. The van der Waals surface area contributed by atoms with Gasteiger partial charge < -0.3 is 0 Å². The van der Waals surface area contributed by atoms with Crippen LogP contribution in [0.3, 0.4) is 0 Å². The fourth-order valence-corrected chi connectivity index (χ4v) is 5.08. The van der Waals surface area contributed by atoms with Crippen LogP contribution in [0.4, 0.5) is 8.78 Å². The molecule has 120 valence electrons. The standard InChI is InChI=1S/C20H26F2/c1-2-19(11-5-3-6-12-19)20(13-7-4-8-14-20)16-9-10-17(21)18(22)15-16/h2,9-10,15H,1,3-8,11-14H2. The number of hydrogen-bond acceptors (Lipinski definition) is 0. The second-order valence-corrected chi connectivity index (χ2v) is 7.19. The van der Waals surface area contributed by atoms with Crippen LogP contribution in [-0.4, -0.2) is 0 Å². The van der Waals surface area contributed by atoms with Crippen molar-refractivity contribution in [3.8, 4) is 0 Å². The van der Waals surface area contributed by atoms with E-state index >= 15 is 0 Å². The molecule has 0 radical (unpaired) electrons. The summed E-state index contributed by atoms with van der Waals surface area (Å²) in [7, 11) is 0. The molecule has 0 aromatic heterocycles. The summed E-state index contributed by atoms with van der Waals surface area (Å²) in [5.74, 6) is -1.46. The maximum Gasteiger partial charge on any atom is 0.159 e. The Kier molecular flexibility index (Phi) is 4.38. The molecular formula is C20H26F2. The van der Waals surface area contributed by atoms with Crippen LogP contribution < -0.4 is 0 Å². The first-order valence-corrected chi connectivity index (χ1v) is 8.73. The molecule has 2 fully saturated rings. The van der Waals surface area contributed by atoms with Gasteiger partial charge in [0.1, 0.15) is 0 Å². The second-order valence-electron chi connectivity index (χ2n) is 7.19. The molecule has 1 aromatic rings. The van der Waals surface area contributed by atoms with Gasteiger partial charge >= 0.3 is 0 Å². The number of halogens is 2. The van der Waals surface area contributed by atoms with Crippen LogP contribution in [0, 0.1) is 17.0 Å². The van der Waals surface area contributed by atoms with Crippen molar-refractivity contribution in [2.75, 3.05) is 0 Å². The van der Waals surface area contributed by atoms with Gasteiger partial charge in [0.25, 0.3) is 0 Å². The van der Waals surface area contributed by atoms with E-state index < -0.39 is 11.6 Å². The third-order valence-electron chi connectivity index (χ3n) is 6.27. The van der Waals surface area contributed by atoms with E-state index in [1.54, 1.807) is 0 Å². The molecule has 0 spiro atoms. The van der Waals surface area contributed by atoms with Gasteiger partial charge in [-0.05, 0) is 48.8 Å². The maximum atomic E-state index is 13.9. The average Bonchev–Trinajstić information content (AvgIpc) is 2.58. The minimum atomic E-state index is -0.744. The van der Waals surface area contributed by atoms with E-state index in [9.17, 15) is 8.78 Å². The Morgan fingerprint density at radius 2 is 1.41 bits per heavy atom. The molecule has 22 heavy (non-hydrogen) atoms. The average molecular weight is 304 g/mol. The Bertz CT molecular complexity index is 535. The zero-order chi connectivity index (χ0) is 15.6. The van der Waals surface area contributed by atoms with E-state index in [1.165, 1.54) is 50.7 Å². The summed E-state index contributed by atoms with van der Waals surface area (Å²) >= 11 is 0. The lowest BCUT2D eigenvalue weighted by Crippen LogP contribution is -2.47. The largest absolute Gasteiger partial charge is 0.204 e. The van der Waals surface area contributed by atoms with E-state index in [1.807, 2.05) is 6.07 Å². The van der Waals surface area contributed by atoms with Crippen LogP contribution in [-0.2, 0) is 5.41 Å². The first kappa shape index (κ1) is 15.7. The fourth-order valence-electron chi connectivity index (χ4n) is 5.08. The highest BCUT2D eigenvalue weighted by molar-refractivity contribution is 5.33. The van der Waals surface area contributed by atoms with Gasteiger partial charge in [-0.15, -0.1) is 6.58 Å². The molecule has 0 bridgehead atoms. The summed E-state index contributed by atoms with van der Waals surface area (Å²) in [6.45, 7) is 4.17. The van der Waals surface area contributed by atoms with Crippen LogP contribution in [0.5, 0.6) is 0 Å². The minimum absolute atomic E-state index is 0.0515. The van der Waals surface area contributed by atoms with Crippen LogP contribution >= 0.6 is 0 Å². The van der Waals surface area contributed by atoms with Crippen LogP contribution in [0.2, 0.25) is 0 Å². The van der Waals surface area contributed by atoms with Crippen molar-refractivity contribution >= 4 is 0 Å². The van der Waals surface area contributed by atoms with Gasteiger partial charge in [0.15, 0.2) is 11.6 Å². The normalized spacial score (nSPS) is 23.9. The summed E-state index contributed by atoms with van der Waals surface area (Å²) < 4.78 is 27.3. The van der Waals surface area contributed by atoms with Crippen LogP contribution in [0.1, 0.15) is 69.8 Å². The number of hydrogen-bond donors (Lipinski definition) is 0. The molecule has 3 rings (SSSR count). The monoisotopic (exact) mass is 304 g/mol. The Hall–Kier alpha value is -1.18.